The minimum absolute atomic E-state index is 0.0171. The molecule has 0 saturated carbocycles. The number of carbonyl (C=O) groups excluding carboxylic acids is 1. The number of carbonyl (C=O) groups is 1. The molecule has 2 aromatic carbocycles. The maximum Gasteiger partial charge on any atom is 0.246 e. The van der Waals surface area contributed by atoms with Crippen molar-refractivity contribution in [2.24, 2.45) is 0 Å². The Hall–Kier alpha value is -3.72. The molecular formula is C26H19ClF3N5O. The minimum Gasteiger partial charge on any atom is -0.349 e. The van der Waals surface area contributed by atoms with Crippen molar-refractivity contribution < 1.29 is 18.0 Å². The highest BCUT2D eigenvalue weighted by atomic mass is 35.5. The first-order chi connectivity index (χ1) is 17.5. The van der Waals surface area contributed by atoms with Crippen molar-refractivity contribution in [1.82, 2.24) is 19.9 Å². The number of likely N-dealkylation sites (tertiary alicyclic amines) is 1. The van der Waals surface area contributed by atoms with Crippen LogP contribution in [0.3, 0.4) is 0 Å². The monoisotopic (exact) mass is 509 g/mol. The van der Waals surface area contributed by atoms with Crippen LogP contribution in [0.1, 0.15) is 6.42 Å². The SMILES string of the molecule is O=C(/C=C/CF)N1CC[C@@H]2[C@H]1CN2c1ncnc2c(F)c(-c3cccc4ccc(F)c(Cl)c34)ncc12. The molecule has 6 nitrogen and oxygen atoms in total. The molecule has 0 aliphatic carbocycles. The molecule has 0 spiro atoms. The lowest BCUT2D eigenvalue weighted by Gasteiger charge is -2.47. The van der Waals surface area contributed by atoms with E-state index >= 15 is 4.39 Å². The first-order valence-corrected chi connectivity index (χ1v) is 11.8. The molecule has 6 rings (SSSR count). The third-order valence-corrected chi connectivity index (χ3v) is 7.36. The van der Waals surface area contributed by atoms with Crippen LogP contribution < -0.4 is 4.90 Å². The minimum atomic E-state index is -0.687. The number of allylic oxidation sites excluding steroid dienone is 1. The molecule has 1 amide bonds. The van der Waals surface area contributed by atoms with E-state index in [2.05, 4.69) is 15.0 Å². The molecule has 4 heterocycles. The van der Waals surface area contributed by atoms with Crippen LogP contribution in [0.5, 0.6) is 0 Å². The highest BCUT2D eigenvalue weighted by Gasteiger charge is 2.49. The summed E-state index contributed by atoms with van der Waals surface area (Å²) in [6, 6.07) is 8.01. The molecule has 2 aliphatic rings. The van der Waals surface area contributed by atoms with Gasteiger partial charge >= 0.3 is 0 Å². The Balaban J connectivity index is 1.38. The van der Waals surface area contributed by atoms with Crippen LogP contribution in [0.15, 0.2) is 55.0 Å². The topological polar surface area (TPSA) is 62.2 Å². The number of aromatic nitrogens is 3. The second-order valence-corrected chi connectivity index (χ2v) is 9.19. The van der Waals surface area contributed by atoms with Gasteiger partial charge in [0, 0.05) is 36.3 Å². The standard InChI is InChI=1S/C26H19ClF3N5O/c27-22-17(29)7-6-14-3-1-4-15(21(14)22)24-23(30)25-16(11-31-24)26(33-13-32-25)35-12-19-18(35)8-10-34(19)20(36)5-2-9-28/h1-7,11,13,18-19H,8-10,12H2/b5-2+/t18-,19-/m1/s1. The van der Waals surface area contributed by atoms with Crippen LogP contribution >= 0.6 is 11.6 Å². The van der Waals surface area contributed by atoms with Crippen LogP contribution in [0.2, 0.25) is 5.02 Å². The summed E-state index contributed by atoms with van der Waals surface area (Å²) in [4.78, 5) is 29.1. The average Bonchev–Trinajstić information content (AvgIpc) is 3.21. The number of fused-ring (bicyclic) bond motifs is 3. The molecule has 0 unspecified atom stereocenters. The number of anilines is 1. The van der Waals surface area contributed by atoms with Gasteiger partial charge in [-0.25, -0.2) is 23.1 Å². The number of benzene rings is 2. The second-order valence-electron chi connectivity index (χ2n) is 8.81. The summed E-state index contributed by atoms with van der Waals surface area (Å²) in [6.07, 6.45) is 6.00. The maximum absolute atomic E-state index is 15.8. The Morgan fingerprint density at radius 2 is 2.00 bits per heavy atom. The fourth-order valence-electron chi connectivity index (χ4n) is 5.28. The highest BCUT2D eigenvalue weighted by Crippen LogP contribution is 2.40. The fraction of sp³-hybridized carbons (Fsp3) is 0.231. The normalized spacial score (nSPS) is 19.3. The van der Waals surface area contributed by atoms with E-state index < -0.39 is 18.3 Å². The van der Waals surface area contributed by atoms with E-state index in [1.54, 1.807) is 29.2 Å². The number of hydrogen-bond donors (Lipinski definition) is 0. The van der Waals surface area contributed by atoms with Crippen LogP contribution in [-0.4, -0.2) is 57.6 Å². The third-order valence-electron chi connectivity index (χ3n) is 6.99. The van der Waals surface area contributed by atoms with Crippen molar-refractivity contribution in [3.8, 4) is 11.3 Å². The molecule has 0 radical (unpaired) electrons. The zero-order valence-corrected chi connectivity index (χ0v) is 19.6. The predicted molar refractivity (Wildman–Crippen MR) is 132 cm³/mol. The van der Waals surface area contributed by atoms with Crippen molar-refractivity contribution in [1.29, 1.82) is 0 Å². The van der Waals surface area contributed by atoms with Crippen molar-refractivity contribution in [2.45, 2.75) is 18.5 Å². The van der Waals surface area contributed by atoms with E-state index in [4.69, 9.17) is 11.6 Å². The molecule has 2 fully saturated rings. The number of alkyl halides is 1. The number of halogens is 4. The lowest BCUT2D eigenvalue weighted by molar-refractivity contribution is -0.127. The summed E-state index contributed by atoms with van der Waals surface area (Å²) < 4.78 is 42.5. The van der Waals surface area contributed by atoms with E-state index in [1.807, 2.05) is 4.90 Å². The number of rotatable bonds is 4. The van der Waals surface area contributed by atoms with Gasteiger partial charge in [-0.1, -0.05) is 35.9 Å². The quantitative estimate of drug-likeness (QED) is 0.359. The van der Waals surface area contributed by atoms with E-state index in [-0.39, 0.29) is 34.2 Å². The summed E-state index contributed by atoms with van der Waals surface area (Å²) in [6.45, 7) is 0.389. The van der Waals surface area contributed by atoms with Crippen molar-refractivity contribution in [3.05, 3.63) is 71.7 Å². The van der Waals surface area contributed by atoms with Gasteiger partial charge in [0.05, 0.1) is 22.5 Å². The summed E-state index contributed by atoms with van der Waals surface area (Å²) in [7, 11) is 0. The molecule has 36 heavy (non-hydrogen) atoms. The first kappa shape index (κ1) is 22.7. The molecule has 0 N–H and O–H groups in total. The van der Waals surface area contributed by atoms with Gasteiger partial charge in [-0.2, -0.15) is 0 Å². The molecule has 2 atom stereocenters. The zero-order chi connectivity index (χ0) is 25.0. The van der Waals surface area contributed by atoms with Gasteiger partial charge in [-0.3, -0.25) is 9.78 Å². The predicted octanol–water partition coefficient (Wildman–Crippen LogP) is 5.09. The number of hydrogen-bond acceptors (Lipinski definition) is 5. The van der Waals surface area contributed by atoms with Gasteiger partial charge in [-0.15, -0.1) is 0 Å². The smallest absolute Gasteiger partial charge is 0.246 e. The lowest BCUT2D eigenvalue weighted by atomic mass is 9.96. The Morgan fingerprint density at radius 1 is 1.14 bits per heavy atom. The molecule has 182 valence electrons. The molecular weight excluding hydrogens is 491 g/mol. The third kappa shape index (κ3) is 3.41. The molecule has 4 aromatic rings. The summed E-state index contributed by atoms with van der Waals surface area (Å²) in [5, 5.41) is 1.39. The largest absolute Gasteiger partial charge is 0.349 e. The first-order valence-electron chi connectivity index (χ1n) is 11.5. The van der Waals surface area contributed by atoms with Gasteiger partial charge < -0.3 is 9.80 Å². The molecule has 2 aromatic heterocycles. The van der Waals surface area contributed by atoms with Crippen LogP contribution in [-0.2, 0) is 4.79 Å². The Morgan fingerprint density at radius 3 is 2.83 bits per heavy atom. The van der Waals surface area contributed by atoms with Crippen LogP contribution in [0, 0.1) is 11.6 Å². The Bertz CT molecular complexity index is 1560. The fourth-order valence-corrected chi connectivity index (χ4v) is 5.55. The lowest BCUT2D eigenvalue weighted by Crippen LogP contribution is -2.63. The molecule has 2 aliphatic heterocycles. The number of amides is 1. The van der Waals surface area contributed by atoms with E-state index in [0.29, 0.717) is 40.6 Å². The summed E-state index contributed by atoms with van der Waals surface area (Å²) >= 11 is 6.25. The van der Waals surface area contributed by atoms with Crippen LogP contribution in [0.4, 0.5) is 19.0 Å². The van der Waals surface area contributed by atoms with Gasteiger partial charge in [0.1, 0.15) is 35.8 Å². The van der Waals surface area contributed by atoms with Crippen molar-refractivity contribution in [3.63, 3.8) is 0 Å². The van der Waals surface area contributed by atoms with Crippen LogP contribution in [0.25, 0.3) is 32.9 Å². The zero-order valence-electron chi connectivity index (χ0n) is 18.8. The number of nitrogens with zero attached hydrogens (tertiary/aromatic N) is 5. The van der Waals surface area contributed by atoms with E-state index in [9.17, 15) is 13.6 Å². The molecule has 0 bridgehead atoms. The Labute approximate surface area is 209 Å². The maximum atomic E-state index is 15.8. The Kier molecular flexibility index (Phi) is 5.52. The second kappa shape index (κ2) is 8.74. The van der Waals surface area contributed by atoms with Gasteiger partial charge in [0.25, 0.3) is 0 Å². The van der Waals surface area contributed by atoms with E-state index in [0.717, 1.165) is 6.42 Å². The summed E-state index contributed by atoms with van der Waals surface area (Å²) in [5.74, 6) is -0.927. The van der Waals surface area contributed by atoms with Crippen molar-refractivity contribution in [2.75, 3.05) is 24.7 Å². The molecule has 10 heteroatoms. The average molecular weight is 510 g/mol. The number of pyridine rings is 1. The highest BCUT2D eigenvalue weighted by molar-refractivity contribution is 6.36. The van der Waals surface area contributed by atoms with Gasteiger partial charge in [0.15, 0.2) is 5.82 Å². The van der Waals surface area contributed by atoms with Gasteiger partial charge in [0.2, 0.25) is 5.91 Å². The van der Waals surface area contributed by atoms with Gasteiger partial charge in [-0.05, 0) is 23.9 Å². The van der Waals surface area contributed by atoms with E-state index in [1.165, 1.54) is 30.7 Å². The summed E-state index contributed by atoms with van der Waals surface area (Å²) in [5.41, 5.74) is 0.477. The molecule has 2 saturated heterocycles. The van der Waals surface area contributed by atoms with Crippen molar-refractivity contribution >= 4 is 45.0 Å².